The second-order valence-electron chi connectivity index (χ2n) is 5.05. The van der Waals surface area contributed by atoms with Crippen LogP contribution in [-0.4, -0.2) is 46.6 Å². The van der Waals surface area contributed by atoms with Gasteiger partial charge < -0.3 is 25.5 Å². The van der Waals surface area contributed by atoms with Gasteiger partial charge >= 0.3 is 11.9 Å². The van der Waals surface area contributed by atoms with Gasteiger partial charge in [0.1, 0.15) is 12.4 Å². The Balaban J connectivity index is 1.61. The SMILES string of the molecule is O=C(CCCn1ccnc1[N+](=O)[O-])NCCCn1cnc([N+](=O)[O-])n1. The van der Waals surface area contributed by atoms with Crippen LogP contribution < -0.4 is 5.32 Å². The fourth-order valence-electron chi connectivity index (χ4n) is 2.09. The normalized spacial score (nSPS) is 10.6. The molecule has 0 unspecified atom stereocenters. The second-order valence-corrected chi connectivity index (χ2v) is 5.05. The lowest BCUT2D eigenvalue weighted by Crippen LogP contribution is -2.25. The number of hydrogen-bond acceptors (Lipinski definition) is 8. The zero-order chi connectivity index (χ0) is 18.2. The van der Waals surface area contributed by atoms with Gasteiger partial charge in [-0.1, -0.05) is 9.97 Å². The third kappa shape index (κ3) is 5.33. The van der Waals surface area contributed by atoms with Crippen molar-refractivity contribution >= 4 is 17.8 Å². The van der Waals surface area contributed by atoms with Gasteiger partial charge in [0.05, 0.1) is 13.1 Å². The minimum Gasteiger partial charge on any atom is -0.390 e. The van der Waals surface area contributed by atoms with Crippen molar-refractivity contribution in [2.45, 2.75) is 32.4 Å². The lowest BCUT2D eigenvalue weighted by molar-refractivity contribution is -0.396. The predicted octanol–water partition coefficient (Wildman–Crippen LogP) is 0.278. The lowest BCUT2D eigenvalue weighted by atomic mass is 10.3. The Morgan fingerprint density at radius 2 is 1.96 bits per heavy atom. The van der Waals surface area contributed by atoms with Crippen molar-refractivity contribution in [2.24, 2.45) is 0 Å². The quantitative estimate of drug-likeness (QED) is 0.362. The molecule has 0 spiro atoms. The number of nitrogens with zero attached hydrogens (tertiary/aromatic N) is 7. The molecular weight excluding hydrogens is 336 g/mol. The topological polar surface area (TPSA) is 164 Å². The van der Waals surface area contributed by atoms with Gasteiger partial charge in [-0.3, -0.25) is 4.79 Å². The van der Waals surface area contributed by atoms with Gasteiger partial charge in [0.15, 0.2) is 0 Å². The fraction of sp³-hybridized carbons (Fsp3) is 0.500. The summed E-state index contributed by atoms with van der Waals surface area (Å²) in [5.41, 5.74) is 0. The number of carbonyl (C=O) groups excluding carboxylic acids is 1. The van der Waals surface area contributed by atoms with Gasteiger partial charge in [-0.05, 0) is 22.7 Å². The molecule has 1 amide bonds. The summed E-state index contributed by atoms with van der Waals surface area (Å²) in [5.74, 6) is -0.882. The lowest BCUT2D eigenvalue weighted by Gasteiger charge is -2.04. The van der Waals surface area contributed by atoms with E-state index in [9.17, 15) is 25.0 Å². The summed E-state index contributed by atoms with van der Waals surface area (Å²) in [4.78, 5) is 38.7. The Morgan fingerprint density at radius 3 is 2.64 bits per heavy atom. The first kappa shape index (κ1) is 18.0. The summed E-state index contributed by atoms with van der Waals surface area (Å²) >= 11 is 0. The van der Waals surface area contributed by atoms with Crippen LogP contribution in [0.3, 0.4) is 0 Å². The Labute approximate surface area is 141 Å². The third-order valence-electron chi connectivity index (χ3n) is 3.23. The van der Waals surface area contributed by atoms with E-state index in [4.69, 9.17) is 0 Å². The van der Waals surface area contributed by atoms with Gasteiger partial charge in [0.2, 0.25) is 12.2 Å². The average molecular weight is 352 g/mol. The van der Waals surface area contributed by atoms with Gasteiger partial charge in [0.25, 0.3) is 0 Å². The van der Waals surface area contributed by atoms with E-state index in [1.54, 1.807) is 0 Å². The van der Waals surface area contributed by atoms with Crippen LogP contribution >= 0.6 is 0 Å². The molecule has 2 aromatic rings. The highest BCUT2D eigenvalue weighted by Crippen LogP contribution is 2.08. The summed E-state index contributed by atoms with van der Waals surface area (Å²) < 4.78 is 2.72. The Hall–Kier alpha value is -3.38. The molecule has 0 saturated carbocycles. The van der Waals surface area contributed by atoms with Crippen molar-refractivity contribution in [1.82, 2.24) is 29.6 Å². The first-order valence-corrected chi connectivity index (χ1v) is 7.43. The highest BCUT2D eigenvalue weighted by Gasteiger charge is 2.14. The van der Waals surface area contributed by atoms with Crippen LogP contribution in [0.25, 0.3) is 0 Å². The van der Waals surface area contributed by atoms with E-state index in [2.05, 4.69) is 20.4 Å². The summed E-state index contributed by atoms with van der Waals surface area (Å²) in [6.07, 6.45) is 5.31. The maximum Gasteiger partial charge on any atom is 0.490 e. The van der Waals surface area contributed by atoms with Crippen LogP contribution in [0, 0.1) is 20.2 Å². The molecule has 2 heterocycles. The molecule has 0 aliphatic rings. The highest BCUT2D eigenvalue weighted by molar-refractivity contribution is 5.75. The highest BCUT2D eigenvalue weighted by atomic mass is 16.6. The Morgan fingerprint density at radius 1 is 1.16 bits per heavy atom. The smallest absolute Gasteiger partial charge is 0.390 e. The number of amides is 1. The standard InChI is InChI=1S/C12H16N8O5/c21-10(3-1-6-17-8-5-14-12(17)20(24)25)13-4-2-7-18-9-15-11(16-18)19(22)23/h5,8-9H,1-4,6-7H2,(H,13,21). The van der Waals surface area contributed by atoms with Gasteiger partial charge in [-0.15, -0.1) is 0 Å². The number of imidazole rings is 1. The molecule has 0 radical (unpaired) electrons. The van der Waals surface area contributed by atoms with Crippen molar-refractivity contribution in [3.8, 4) is 0 Å². The number of nitro groups is 2. The molecule has 0 atom stereocenters. The summed E-state index contributed by atoms with van der Waals surface area (Å²) in [7, 11) is 0. The molecule has 0 bridgehead atoms. The van der Waals surface area contributed by atoms with E-state index in [0.717, 1.165) is 0 Å². The van der Waals surface area contributed by atoms with Crippen LogP contribution in [0.1, 0.15) is 19.3 Å². The van der Waals surface area contributed by atoms with Gasteiger partial charge in [-0.25, -0.2) is 4.57 Å². The van der Waals surface area contributed by atoms with E-state index in [-0.39, 0.29) is 18.3 Å². The van der Waals surface area contributed by atoms with Crippen LogP contribution in [-0.2, 0) is 17.9 Å². The minimum absolute atomic E-state index is 0.174. The van der Waals surface area contributed by atoms with Crippen molar-refractivity contribution in [3.05, 3.63) is 38.9 Å². The second kappa shape index (κ2) is 8.47. The van der Waals surface area contributed by atoms with Crippen LogP contribution in [0.2, 0.25) is 0 Å². The predicted molar refractivity (Wildman–Crippen MR) is 82.4 cm³/mol. The monoisotopic (exact) mass is 352 g/mol. The molecule has 2 aromatic heterocycles. The molecule has 25 heavy (non-hydrogen) atoms. The molecule has 1 N–H and O–H groups in total. The maximum atomic E-state index is 11.7. The van der Waals surface area contributed by atoms with Crippen molar-refractivity contribution in [2.75, 3.05) is 6.54 Å². The van der Waals surface area contributed by atoms with Crippen LogP contribution in [0.4, 0.5) is 11.9 Å². The molecule has 13 nitrogen and oxygen atoms in total. The van der Waals surface area contributed by atoms with Gasteiger partial charge in [0, 0.05) is 18.1 Å². The molecule has 134 valence electrons. The van der Waals surface area contributed by atoms with E-state index in [1.165, 1.54) is 28.0 Å². The molecule has 0 aromatic carbocycles. The molecule has 0 aliphatic heterocycles. The van der Waals surface area contributed by atoms with Crippen LogP contribution in [0.15, 0.2) is 18.7 Å². The van der Waals surface area contributed by atoms with E-state index in [0.29, 0.717) is 32.5 Å². The third-order valence-corrected chi connectivity index (χ3v) is 3.23. The van der Waals surface area contributed by atoms with E-state index in [1.807, 2.05) is 0 Å². The molecule has 2 rings (SSSR count). The molecule has 0 fully saturated rings. The zero-order valence-electron chi connectivity index (χ0n) is 13.1. The van der Waals surface area contributed by atoms with Crippen molar-refractivity contribution < 1.29 is 14.6 Å². The molecular formula is C12H16N8O5. The largest absolute Gasteiger partial charge is 0.490 e. The summed E-state index contributed by atoms with van der Waals surface area (Å²) in [6, 6.07) is 0. The number of aryl methyl sites for hydroxylation is 2. The molecule has 13 heteroatoms. The maximum absolute atomic E-state index is 11.7. The number of hydrogen-bond donors (Lipinski definition) is 1. The Kier molecular flexibility index (Phi) is 6.08. The number of carbonyl (C=O) groups is 1. The number of rotatable bonds is 10. The zero-order valence-corrected chi connectivity index (χ0v) is 13.1. The Bertz CT molecular complexity index is 754. The molecule has 0 aliphatic carbocycles. The number of nitrogens with one attached hydrogen (secondary N) is 1. The fourth-order valence-corrected chi connectivity index (χ4v) is 2.09. The minimum atomic E-state index is -0.678. The van der Waals surface area contributed by atoms with Crippen molar-refractivity contribution in [3.63, 3.8) is 0 Å². The van der Waals surface area contributed by atoms with E-state index >= 15 is 0 Å². The first-order valence-electron chi connectivity index (χ1n) is 7.43. The van der Waals surface area contributed by atoms with E-state index < -0.39 is 15.8 Å². The average Bonchev–Trinajstić information content (AvgIpc) is 3.21. The van der Waals surface area contributed by atoms with Crippen molar-refractivity contribution in [1.29, 1.82) is 0 Å². The van der Waals surface area contributed by atoms with Crippen LogP contribution in [0.5, 0.6) is 0 Å². The summed E-state index contributed by atoms with van der Waals surface area (Å²) in [6.45, 7) is 1.10. The van der Waals surface area contributed by atoms with Gasteiger partial charge in [-0.2, -0.15) is 4.68 Å². The summed E-state index contributed by atoms with van der Waals surface area (Å²) in [5, 5.41) is 27.5. The first-order chi connectivity index (χ1) is 12.0. The number of aromatic nitrogens is 5. The molecule has 0 saturated heterocycles.